The van der Waals surface area contributed by atoms with Crippen LogP contribution in [0.3, 0.4) is 0 Å². The number of hydrazone groups is 1. The van der Waals surface area contributed by atoms with E-state index in [1.165, 1.54) is 0 Å². The Morgan fingerprint density at radius 2 is 2.14 bits per heavy atom. The number of aromatic hydroxyl groups is 1. The number of carbonyl (C=O) groups excluding carboxylic acids is 1. The van der Waals surface area contributed by atoms with E-state index in [2.05, 4.69) is 20.7 Å². The summed E-state index contributed by atoms with van der Waals surface area (Å²) in [4.78, 5) is 11.9. The van der Waals surface area contributed by atoms with Crippen molar-refractivity contribution in [2.75, 3.05) is 0 Å². The van der Waals surface area contributed by atoms with Crippen LogP contribution in [-0.4, -0.2) is 26.9 Å². The van der Waals surface area contributed by atoms with Gasteiger partial charge in [0, 0.05) is 11.3 Å². The van der Waals surface area contributed by atoms with Gasteiger partial charge in [-0.15, -0.1) is 0 Å². The Morgan fingerprint density at radius 3 is 2.76 bits per heavy atom. The zero-order chi connectivity index (χ0) is 15.4. The molecule has 0 saturated heterocycles. The van der Waals surface area contributed by atoms with Crippen LogP contribution in [0.25, 0.3) is 0 Å². The van der Waals surface area contributed by atoms with E-state index < -0.39 is 0 Å². The second-order valence-corrected chi connectivity index (χ2v) is 5.05. The van der Waals surface area contributed by atoms with Gasteiger partial charge >= 0.3 is 0 Å². The van der Waals surface area contributed by atoms with Gasteiger partial charge in [0.25, 0.3) is 5.91 Å². The molecule has 1 heterocycles. The first kappa shape index (κ1) is 14.8. The fraction of sp³-hybridized carbons (Fsp3) is 0.267. The number of phenolic OH excluding ortho intramolecular Hbond substituents is 1. The molecule has 0 saturated carbocycles. The first-order valence-corrected chi connectivity index (χ1v) is 6.66. The van der Waals surface area contributed by atoms with Crippen molar-refractivity contribution < 1.29 is 9.90 Å². The Labute approximate surface area is 122 Å². The fourth-order valence-corrected chi connectivity index (χ4v) is 1.74. The molecule has 21 heavy (non-hydrogen) atoms. The molecular weight excluding hydrogens is 268 g/mol. The largest absolute Gasteiger partial charge is 0.508 e. The van der Waals surface area contributed by atoms with E-state index in [1.807, 2.05) is 13.8 Å². The molecule has 0 atom stereocenters. The average molecular weight is 286 g/mol. The van der Waals surface area contributed by atoms with Crippen LogP contribution in [-0.2, 0) is 0 Å². The Balaban J connectivity index is 2.07. The van der Waals surface area contributed by atoms with E-state index in [-0.39, 0.29) is 17.6 Å². The summed E-state index contributed by atoms with van der Waals surface area (Å²) in [6.45, 7) is 5.78. The number of H-pyrrole nitrogens is 1. The number of hydrogen-bond donors (Lipinski definition) is 3. The summed E-state index contributed by atoms with van der Waals surface area (Å²) >= 11 is 0. The molecule has 0 aliphatic heterocycles. The Hall–Kier alpha value is -2.63. The highest BCUT2D eigenvalue weighted by atomic mass is 16.3. The van der Waals surface area contributed by atoms with Crippen molar-refractivity contribution in [2.24, 2.45) is 5.10 Å². The van der Waals surface area contributed by atoms with E-state index in [0.29, 0.717) is 11.4 Å². The van der Waals surface area contributed by atoms with Gasteiger partial charge in [0.05, 0.1) is 5.71 Å². The third-order valence-electron chi connectivity index (χ3n) is 3.04. The van der Waals surface area contributed by atoms with Crippen molar-refractivity contribution in [2.45, 2.75) is 26.7 Å². The van der Waals surface area contributed by atoms with Crippen LogP contribution in [0.4, 0.5) is 0 Å². The van der Waals surface area contributed by atoms with Crippen LogP contribution in [0, 0.1) is 0 Å². The normalized spacial score (nSPS) is 11.7. The summed E-state index contributed by atoms with van der Waals surface area (Å²) in [5.74, 6) is 0.0523. The van der Waals surface area contributed by atoms with Crippen LogP contribution in [0.5, 0.6) is 5.75 Å². The van der Waals surface area contributed by atoms with Gasteiger partial charge in [-0.1, -0.05) is 26.0 Å². The maximum Gasteiger partial charge on any atom is 0.291 e. The summed E-state index contributed by atoms with van der Waals surface area (Å²) in [6.07, 6.45) is 0. The Bertz CT molecular complexity index is 674. The molecule has 1 amide bonds. The zero-order valence-electron chi connectivity index (χ0n) is 12.2. The number of nitrogens with one attached hydrogen (secondary N) is 2. The SMILES string of the molecule is CC(=NNC(=O)c1cc(C(C)C)[nH]n1)c1cccc(O)c1. The quantitative estimate of drug-likeness (QED) is 0.595. The van der Waals surface area contributed by atoms with Crippen LogP contribution >= 0.6 is 0 Å². The summed E-state index contributed by atoms with van der Waals surface area (Å²) in [7, 11) is 0. The third-order valence-corrected chi connectivity index (χ3v) is 3.04. The lowest BCUT2D eigenvalue weighted by molar-refractivity contribution is 0.0950. The minimum atomic E-state index is -0.377. The molecule has 0 bridgehead atoms. The average Bonchev–Trinajstić information content (AvgIpc) is 2.94. The molecule has 2 aromatic rings. The molecule has 0 aliphatic rings. The first-order valence-electron chi connectivity index (χ1n) is 6.66. The Morgan fingerprint density at radius 1 is 1.38 bits per heavy atom. The molecule has 0 unspecified atom stereocenters. The molecule has 110 valence electrons. The Kier molecular flexibility index (Phi) is 4.37. The standard InChI is InChI=1S/C15H18N4O2/c1-9(2)13-8-14(18-17-13)15(21)19-16-10(3)11-5-4-6-12(20)7-11/h4-9,20H,1-3H3,(H,17,18)(H,19,21). The number of hydrogen-bond acceptors (Lipinski definition) is 4. The second-order valence-electron chi connectivity index (χ2n) is 5.05. The highest BCUT2D eigenvalue weighted by molar-refractivity contribution is 6.00. The van der Waals surface area contributed by atoms with Gasteiger partial charge in [0.1, 0.15) is 5.75 Å². The number of phenols is 1. The molecule has 0 fully saturated rings. The van der Waals surface area contributed by atoms with Crippen LogP contribution in [0.1, 0.15) is 48.4 Å². The maximum absolute atomic E-state index is 11.9. The van der Waals surface area contributed by atoms with Crippen molar-refractivity contribution in [3.63, 3.8) is 0 Å². The third kappa shape index (κ3) is 3.68. The number of nitrogens with zero attached hydrogens (tertiary/aromatic N) is 2. The lowest BCUT2D eigenvalue weighted by Gasteiger charge is -2.02. The van der Waals surface area contributed by atoms with E-state index >= 15 is 0 Å². The molecule has 1 aromatic heterocycles. The van der Waals surface area contributed by atoms with Gasteiger partial charge in [0.2, 0.25) is 0 Å². The van der Waals surface area contributed by atoms with Crippen molar-refractivity contribution >= 4 is 11.6 Å². The van der Waals surface area contributed by atoms with Gasteiger partial charge in [0.15, 0.2) is 5.69 Å². The highest BCUT2D eigenvalue weighted by Gasteiger charge is 2.11. The van der Waals surface area contributed by atoms with Gasteiger partial charge < -0.3 is 5.11 Å². The fourth-order valence-electron chi connectivity index (χ4n) is 1.74. The zero-order valence-corrected chi connectivity index (χ0v) is 12.2. The van der Waals surface area contributed by atoms with Crippen molar-refractivity contribution in [1.82, 2.24) is 15.6 Å². The molecule has 0 aliphatic carbocycles. The van der Waals surface area contributed by atoms with Crippen molar-refractivity contribution in [1.29, 1.82) is 0 Å². The minimum Gasteiger partial charge on any atom is -0.508 e. The number of amides is 1. The summed E-state index contributed by atoms with van der Waals surface area (Å²) in [6, 6.07) is 8.38. The summed E-state index contributed by atoms with van der Waals surface area (Å²) in [5, 5.41) is 20.2. The minimum absolute atomic E-state index is 0.155. The van der Waals surface area contributed by atoms with E-state index in [1.54, 1.807) is 37.3 Å². The molecule has 0 spiro atoms. The lowest BCUT2D eigenvalue weighted by Crippen LogP contribution is -2.19. The number of aromatic amines is 1. The highest BCUT2D eigenvalue weighted by Crippen LogP contribution is 2.13. The van der Waals surface area contributed by atoms with Crippen molar-refractivity contribution in [3.8, 4) is 5.75 Å². The molecule has 0 radical (unpaired) electrons. The second kappa shape index (κ2) is 6.21. The molecule has 6 heteroatoms. The van der Waals surface area contributed by atoms with Crippen molar-refractivity contribution in [3.05, 3.63) is 47.3 Å². The first-order chi connectivity index (χ1) is 9.97. The molecular formula is C15H18N4O2. The van der Waals surface area contributed by atoms with E-state index in [9.17, 15) is 9.90 Å². The van der Waals surface area contributed by atoms with Gasteiger partial charge in [-0.3, -0.25) is 9.89 Å². The predicted octanol–water partition coefficient (Wildman–Crippen LogP) is 2.39. The number of benzene rings is 1. The topological polar surface area (TPSA) is 90.4 Å². The van der Waals surface area contributed by atoms with E-state index in [0.717, 1.165) is 11.3 Å². The number of aromatic nitrogens is 2. The van der Waals surface area contributed by atoms with E-state index in [4.69, 9.17) is 0 Å². The summed E-state index contributed by atoms with van der Waals surface area (Å²) in [5.41, 5.74) is 4.98. The lowest BCUT2D eigenvalue weighted by atomic mass is 10.1. The predicted molar refractivity (Wildman–Crippen MR) is 80.5 cm³/mol. The van der Waals surface area contributed by atoms with Crippen LogP contribution in [0.15, 0.2) is 35.4 Å². The number of carbonyl (C=O) groups is 1. The molecule has 3 N–H and O–H groups in total. The summed E-state index contributed by atoms with van der Waals surface area (Å²) < 4.78 is 0. The van der Waals surface area contributed by atoms with Gasteiger partial charge in [-0.05, 0) is 31.0 Å². The molecule has 6 nitrogen and oxygen atoms in total. The monoisotopic (exact) mass is 286 g/mol. The van der Waals surface area contributed by atoms with Crippen LogP contribution in [0.2, 0.25) is 0 Å². The van der Waals surface area contributed by atoms with Crippen LogP contribution < -0.4 is 5.43 Å². The van der Waals surface area contributed by atoms with Gasteiger partial charge in [-0.2, -0.15) is 10.2 Å². The molecule has 2 rings (SSSR count). The maximum atomic E-state index is 11.9. The molecule has 1 aromatic carbocycles. The smallest absolute Gasteiger partial charge is 0.291 e. The van der Waals surface area contributed by atoms with Gasteiger partial charge in [-0.25, -0.2) is 5.43 Å². The number of rotatable bonds is 4.